The average molecular weight is 761 g/mol. The van der Waals surface area contributed by atoms with E-state index in [1.165, 1.54) is 110 Å². The molecule has 0 saturated heterocycles. The zero-order valence-corrected chi connectivity index (χ0v) is 35.2. The highest BCUT2D eigenvalue weighted by Crippen LogP contribution is 2.46. The third-order valence-electron chi connectivity index (χ3n) is 12.7. The average Bonchev–Trinajstić information content (AvgIpc) is 3.26. The van der Waals surface area contributed by atoms with E-state index in [9.17, 15) is 0 Å². The summed E-state index contributed by atoms with van der Waals surface area (Å²) in [4.78, 5) is 0. The van der Waals surface area contributed by atoms with Crippen LogP contribution in [0.3, 0.4) is 0 Å². The summed E-state index contributed by atoms with van der Waals surface area (Å²) in [5, 5.41) is 10.3. The van der Waals surface area contributed by atoms with Crippen LogP contribution >= 0.6 is 0 Å². The summed E-state index contributed by atoms with van der Waals surface area (Å²) in [7, 11) is 0. The summed E-state index contributed by atoms with van der Waals surface area (Å²) in [6.07, 6.45) is 8.05. The minimum atomic E-state index is 0.306. The van der Waals surface area contributed by atoms with E-state index in [1.54, 1.807) is 0 Å². The summed E-state index contributed by atoms with van der Waals surface area (Å²) in [6.45, 7) is 13.6. The van der Waals surface area contributed by atoms with Crippen LogP contribution in [-0.2, 0) is 0 Å². The van der Waals surface area contributed by atoms with Gasteiger partial charge in [0.1, 0.15) is 0 Å². The molecule has 0 radical (unpaired) electrons. The van der Waals surface area contributed by atoms with Crippen molar-refractivity contribution in [3.05, 3.63) is 210 Å². The van der Waals surface area contributed by atoms with Gasteiger partial charge in [-0.3, -0.25) is 0 Å². The smallest absolute Gasteiger partial charge is 0.000117 e. The van der Waals surface area contributed by atoms with Crippen LogP contribution < -0.4 is 0 Å². The molecule has 0 aliphatic rings. The van der Waals surface area contributed by atoms with Gasteiger partial charge in [0.25, 0.3) is 0 Å². The third kappa shape index (κ3) is 6.98. The molecule has 59 heavy (non-hydrogen) atoms. The van der Waals surface area contributed by atoms with Crippen LogP contribution in [0.1, 0.15) is 60.9 Å². The Labute approximate surface area is 350 Å². The highest BCUT2D eigenvalue weighted by atomic mass is 14.2. The molecule has 0 heteroatoms. The second-order valence-electron chi connectivity index (χ2n) is 16.6. The van der Waals surface area contributed by atoms with E-state index in [0.29, 0.717) is 11.8 Å². The molecule has 9 aromatic rings. The summed E-state index contributed by atoms with van der Waals surface area (Å²) >= 11 is 0. The van der Waals surface area contributed by atoms with Crippen LogP contribution in [0, 0.1) is 26.7 Å². The summed E-state index contributed by atoms with van der Waals surface area (Å²) in [6, 6.07) is 61.1. The Bertz CT molecular complexity index is 2990. The van der Waals surface area contributed by atoms with Crippen molar-refractivity contribution in [3.63, 3.8) is 0 Å². The molecular weight excluding hydrogens is 709 g/mol. The molecule has 0 aliphatic heterocycles. The maximum Gasteiger partial charge on any atom is -0.000117 e. The SMILES string of the molecule is CCC(C)/C(=C\C=C/C(C)c1cccc2ccccc12)c1ccc(-c2c3ccccc3c(-c3cccc4c(-c5c(C)cc(C)cc5C)cccc34)c3ccccc23)cc1. The molecular formula is C59H52. The van der Waals surface area contributed by atoms with Gasteiger partial charge in [-0.1, -0.05) is 208 Å². The number of hydrogen-bond donors (Lipinski definition) is 0. The normalized spacial score (nSPS) is 13.2. The van der Waals surface area contributed by atoms with E-state index >= 15 is 0 Å². The summed E-state index contributed by atoms with van der Waals surface area (Å²) in [5.41, 5.74) is 15.7. The first kappa shape index (κ1) is 38.0. The van der Waals surface area contributed by atoms with Crippen LogP contribution in [0.4, 0.5) is 0 Å². The molecule has 2 atom stereocenters. The number of rotatable bonds is 9. The topological polar surface area (TPSA) is 0 Å². The number of hydrogen-bond acceptors (Lipinski definition) is 0. The first-order valence-corrected chi connectivity index (χ1v) is 21.3. The van der Waals surface area contributed by atoms with Gasteiger partial charge in [0.05, 0.1) is 0 Å². The minimum absolute atomic E-state index is 0.306. The molecule has 0 heterocycles. The molecule has 0 saturated carbocycles. The second kappa shape index (κ2) is 16.0. The maximum atomic E-state index is 2.35. The maximum absolute atomic E-state index is 2.35. The fourth-order valence-electron chi connectivity index (χ4n) is 9.75. The molecule has 288 valence electrons. The van der Waals surface area contributed by atoms with Gasteiger partial charge < -0.3 is 0 Å². The predicted octanol–water partition coefficient (Wildman–Crippen LogP) is 17.0. The van der Waals surface area contributed by atoms with Gasteiger partial charge in [-0.2, -0.15) is 0 Å². The molecule has 0 fully saturated rings. The predicted molar refractivity (Wildman–Crippen MR) is 258 cm³/mol. The minimum Gasteiger partial charge on any atom is -0.0773 e. The molecule has 9 rings (SSSR count). The number of aryl methyl sites for hydroxylation is 3. The fraction of sp³-hybridized carbons (Fsp3) is 0.153. The van der Waals surface area contributed by atoms with Crippen molar-refractivity contribution < 1.29 is 0 Å². The second-order valence-corrected chi connectivity index (χ2v) is 16.6. The Morgan fingerprint density at radius 1 is 0.492 bits per heavy atom. The summed E-state index contributed by atoms with van der Waals surface area (Å²) < 4.78 is 0. The van der Waals surface area contributed by atoms with Crippen molar-refractivity contribution in [2.75, 3.05) is 0 Å². The molecule has 0 aliphatic carbocycles. The first-order chi connectivity index (χ1) is 28.8. The Morgan fingerprint density at radius 3 is 1.58 bits per heavy atom. The Morgan fingerprint density at radius 2 is 0.983 bits per heavy atom. The first-order valence-electron chi connectivity index (χ1n) is 21.3. The van der Waals surface area contributed by atoms with Gasteiger partial charge in [0.15, 0.2) is 0 Å². The summed E-state index contributed by atoms with van der Waals surface area (Å²) in [5.74, 6) is 0.735. The third-order valence-corrected chi connectivity index (χ3v) is 12.7. The Kier molecular flexibility index (Phi) is 10.3. The lowest BCUT2D eigenvalue weighted by atomic mass is 9.83. The van der Waals surface area contributed by atoms with Gasteiger partial charge in [0, 0.05) is 0 Å². The number of allylic oxidation sites excluding steroid dienone is 4. The number of benzene rings is 9. The van der Waals surface area contributed by atoms with Gasteiger partial charge in [-0.25, -0.2) is 0 Å². The molecule has 0 spiro atoms. The van der Waals surface area contributed by atoms with E-state index in [1.807, 2.05) is 0 Å². The Hall–Kier alpha value is -6.50. The number of fused-ring (bicyclic) bond motifs is 4. The van der Waals surface area contributed by atoms with Crippen LogP contribution in [0.15, 0.2) is 182 Å². The van der Waals surface area contributed by atoms with Gasteiger partial charge in [-0.15, -0.1) is 0 Å². The van der Waals surface area contributed by atoms with Crippen molar-refractivity contribution >= 4 is 48.7 Å². The van der Waals surface area contributed by atoms with E-state index in [-0.39, 0.29) is 0 Å². The van der Waals surface area contributed by atoms with E-state index in [0.717, 1.165) is 6.42 Å². The van der Waals surface area contributed by atoms with Crippen LogP contribution in [0.5, 0.6) is 0 Å². The van der Waals surface area contributed by atoms with Crippen molar-refractivity contribution in [1.82, 2.24) is 0 Å². The lowest BCUT2D eigenvalue weighted by molar-refractivity contribution is 0.717. The van der Waals surface area contributed by atoms with E-state index in [2.05, 4.69) is 224 Å². The van der Waals surface area contributed by atoms with Gasteiger partial charge in [-0.05, 0) is 143 Å². The molecule has 2 unspecified atom stereocenters. The lowest BCUT2D eigenvalue weighted by Gasteiger charge is -2.20. The van der Waals surface area contributed by atoms with Crippen molar-refractivity contribution in [3.8, 4) is 33.4 Å². The zero-order valence-electron chi connectivity index (χ0n) is 35.2. The largest absolute Gasteiger partial charge is 0.0773 e. The molecule has 0 bridgehead atoms. The molecule has 0 amide bonds. The molecule has 0 N–H and O–H groups in total. The Balaban J connectivity index is 1.14. The van der Waals surface area contributed by atoms with Crippen LogP contribution in [-0.4, -0.2) is 0 Å². The monoisotopic (exact) mass is 760 g/mol. The van der Waals surface area contributed by atoms with E-state index < -0.39 is 0 Å². The van der Waals surface area contributed by atoms with Crippen molar-refractivity contribution in [2.24, 2.45) is 5.92 Å². The van der Waals surface area contributed by atoms with Crippen molar-refractivity contribution in [2.45, 2.75) is 53.9 Å². The van der Waals surface area contributed by atoms with Crippen LogP contribution in [0.2, 0.25) is 0 Å². The van der Waals surface area contributed by atoms with Gasteiger partial charge in [0.2, 0.25) is 0 Å². The van der Waals surface area contributed by atoms with Crippen LogP contribution in [0.25, 0.3) is 82.0 Å². The standard InChI is InChI=1S/C59H52/c1-7-39(3)46(26-14-18-40(4)47-27-15-20-43-19-8-9-21-48(43)47)44-32-34-45(35-33-44)58-53-22-10-12-24-55(53)59(56-25-13-11-23-54(56)58)52-31-17-28-49-50(52)29-16-30-51(49)57-41(5)36-38(2)37-42(57)6/h8-37,39-40H,7H2,1-6H3/b18-14-,46-26+. The highest BCUT2D eigenvalue weighted by Gasteiger charge is 2.20. The highest BCUT2D eigenvalue weighted by molar-refractivity contribution is 6.24. The van der Waals surface area contributed by atoms with Crippen molar-refractivity contribution in [1.29, 1.82) is 0 Å². The van der Waals surface area contributed by atoms with Gasteiger partial charge >= 0.3 is 0 Å². The lowest BCUT2D eigenvalue weighted by Crippen LogP contribution is -1.98. The molecule has 0 nitrogen and oxygen atoms in total. The zero-order chi connectivity index (χ0) is 40.6. The molecule has 0 aromatic heterocycles. The fourth-order valence-corrected chi connectivity index (χ4v) is 9.75. The molecule has 9 aromatic carbocycles. The van der Waals surface area contributed by atoms with E-state index in [4.69, 9.17) is 0 Å². The quantitative estimate of drug-likeness (QED) is 0.102.